The molecule has 0 aliphatic heterocycles. The molecule has 3 aromatic rings. The molecule has 0 fully saturated rings. The molecular formula is C21H11F6N3O4. The number of pyridine rings is 1. The second kappa shape index (κ2) is 8.54. The Bertz CT molecular complexity index is 1350. The molecule has 0 amide bonds. The molecule has 13 heteroatoms. The molecule has 2 heterocycles. The van der Waals surface area contributed by atoms with E-state index in [0.29, 0.717) is 12.1 Å². The van der Waals surface area contributed by atoms with Crippen LogP contribution in [0.3, 0.4) is 0 Å². The molecule has 0 bridgehead atoms. The molecule has 0 unspecified atom stereocenters. The smallest absolute Gasteiger partial charge is 0.416 e. The van der Waals surface area contributed by atoms with E-state index in [9.17, 15) is 41.0 Å². The van der Waals surface area contributed by atoms with E-state index in [1.165, 1.54) is 6.07 Å². The summed E-state index contributed by atoms with van der Waals surface area (Å²) in [6.07, 6.45) is -7.15. The maximum atomic E-state index is 13.2. The van der Waals surface area contributed by atoms with Crippen molar-refractivity contribution in [2.24, 2.45) is 0 Å². The van der Waals surface area contributed by atoms with E-state index < -0.39 is 53.1 Å². The Morgan fingerprint density at radius 2 is 1.65 bits per heavy atom. The molecule has 3 rings (SSSR count). The highest BCUT2D eigenvalue weighted by Gasteiger charge is 2.37. The molecule has 0 atom stereocenters. The summed E-state index contributed by atoms with van der Waals surface area (Å²) in [6.45, 7) is -0.595. The van der Waals surface area contributed by atoms with Crippen molar-refractivity contribution in [3.8, 4) is 6.07 Å². The summed E-state index contributed by atoms with van der Waals surface area (Å²) >= 11 is 0. The lowest BCUT2D eigenvalue weighted by atomic mass is 10.0. The van der Waals surface area contributed by atoms with Crippen LogP contribution in [0.25, 0.3) is 17.1 Å². The molecule has 0 saturated heterocycles. The number of rotatable bonds is 5. The first kappa shape index (κ1) is 24.3. The van der Waals surface area contributed by atoms with Crippen LogP contribution in [0.15, 0.2) is 42.2 Å². The van der Waals surface area contributed by atoms with Crippen molar-refractivity contribution in [2.75, 3.05) is 0 Å². The van der Waals surface area contributed by atoms with Gasteiger partial charge in [0.05, 0.1) is 16.7 Å². The topological polar surface area (TPSA) is 116 Å². The van der Waals surface area contributed by atoms with Crippen LogP contribution in [-0.2, 0) is 23.7 Å². The molecule has 34 heavy (non-hydrogen) atoms. The average molecular weight is 483 g/mol. The molecule has 7 nitrogen and oxygen atoms in total. The third-order valence-electron chi connectivity index (χ3n) is 4.67. The summed E-state index contributed by atoms with van der Waals surface area (Å²) in [5, 5.41) is 27.4. The van der Waals surface area contributed by atoms with Gasteiger partial charge in [-0.05, 0) is 35.9 Å². The Kier molecular flexibility index (Phi) is 6.11. The average Bonchev–Trinajstić information content (AvgIpc) is 3.07. The number of nitriles is 1. The normalized spacial score (nSPS) is 12.6. The first-order chi connectivity index (χ1) is 15.7. The van der Waals surface area contributed by atoms with E-state index in [2.05, 4.69) is 4.98 Å². The number of fused-ring (bicyclic) bond motifs is 1. The van der Waals surface area contributed by atoms with Gasteiger partial charge < -0.3 is 14.8 Å². The second-order valence-electron chi connectivity index (χ2n) is 6.96. The number of aromatic carboxylic acids is 1. The molecule has 2 aromatic heterocycles. The summed E-state index contributed by atoms with van der Waals surface area (Å²) in [7, 11) is 0. The van der Waals surface area contributed by atoms with Gasteiger partial charge in [-0.2, -0.15) is 31.6 Å². The van der Waals surface area contributed by atoms with E-state index >= 15 is 0 Å². The van der Waals surface area contributed by atoms with Crippen molar-refractivity contribution in [2.45, 2.75) is 18.9 Å². The van der Waals surface area contributed by atoms with E-state index in [0.717, 1.165) is 29.1 Å². The van der Waals surface area contributed by atoms with Crippen LogP contribution in [0.4, 0.5) is 26.3 Å². The zero-order valence-corrected chi connectivity index (χ0v) is 16.6. The Balaban J connectivity index is 2.26. The minimum Gasteiger partial charge on any atom is -0.478 e. The lowest BCUT2D eigenvalue weighted by Gasteiger charge is -2.15. The minimum absolute atomic E-state index is 0.0295. The van der Waals surface area contributed by atoms with Gasteiger partial charge >= 0.3 is 24.3 Å². The Morgan fingerprint density at radius 3 is 2.12 bits per heavy atom. The third kappa shape index (κ3) is 4.85. The maximum Gasteiger partial charge on any atom is 0.416 e. The molecule has 2 N–H and O–H groups in total. The van der Waals surface area contributed by atoms with Crippen LogP contribution in [0, 0.1) is 11.3 Å². The molecular weight excluding hydrogens is 472 g/mol. The van der Waals surface area contributed by atoms with Gasteiger partial charge in [0.15, 0.2) is 0 Å². The first-order valence-electron chi connectivity index (χ1n) is 9.07. The Labute approximate surface area is 185 Å². The van der Waals surface area contributed by atoms with Gasteiger partial charge in [-0.15, -0.1) is 0 Å². The maximum absolute atomic E-state index is 13.2. The Hall–Kier alpha value is -4.34. The standard InChI is InChI=1S/C21H11F6N3O4/c22-20(23,24)13-3-10(4-14(6-13)21(25,26)27)8-30-9-12(5-11(7-28)18(31)32)16-15(19(33)34)1-2-29-17(16)30/h1-6,9H,8H2,(H,31,32)(H,33,34)/b11-5+. The van der Waals surface area contributed by atoms with Crippen LogP contribution < -0.4 is 0 Å². The second-order valence-corrected chi connectivity index (χ2v) is 6.96. The molecule has 0 spiro atoms. The number of hydrogen-bond donors (Lipinski definition) is 2. The number of benzene rings is 1. The first-order valence-corrected chi connectivity index (χ1v) is 9.07. The third-order valence-corrected chi connectivity index (χ3v) is 4.67. The quantitative estimate of drug-likeness (QED) is 0.306. The number of carbonyl (C=O) groups is 2. The summed E-state index contributed by atoms with van der Waals surface area (Å²) in [5.74, 6) is -3.08. The van der Waals surface area contributed by atoms with Crippen molar-refractivity contribution in [3.63, 3.8) is 0 Å². The van der Waals surface area contributed by atoms with Gasteiger partial charge in [0.2, 0.25) is 0 Å². The van der Waals surface area contributed by atoms with Crippen LogP contribution in [0.2, 0.25) is 0 Å². The predicted molar refractivity (Wildman–Crippen MR) is 103 cm³/mol. The summed E-state index contributed by atoms with van der Waals surface area (Å²) in [5.41, 5.74) is -4.91. The number of alkyl halides is 6. The minimum atomic E-state index is -5.07. The fourth-order valence-electron chi connectivity index (χ4n) is 3.26. The summed E-state index contributed by atoms with van der Waals surface area (Å²) in [6, 6.07) is 3.47. The van der Waals surface area contributed by atoms with Crippen molar-refractivity contribution < 1.29 is 46.1 Å². The van der Waals surface area contributed by atoms with Gasteiger partial charge in [-0.25, -0.2) is 14.6 Å². The fraction of sp³-hybridized carbons (Fsp3) is 0.143. The molecule has 0 aliphatic rings. The number of aromatic nitrogens is 2. The van der Waals surface area contributed by atoms with E-state index in [4.69, 9.17) is 10.4 Å². The van der Waals surface area contributed by atoms with E-state index in [-0.39, 0.29) is 28.2 Å². The lowest BCUT2D eigenvalue weighted by Crippen LogP contribution is -2.12. The zero-order valence-electron chi connectivity index (χ0n) is 16.6. The molecule has 0 saturated carbocycles. The highest BCUT2D eigenvalue weighted by Crippen LogP contribution is 2.37. The van der Waals surface area contributed by atoms with Crippen LogP contribution in [-0.4, -0.2) is 31.7 Å². The van der Waals surface area contributed by atoms with Crippen molar-refractivity contribution in [3.05, 3.63) is 70.0 Å². The summed E-state index contributed by atoms with van der Waals surface area (Å²) in [4.78, 5) is 26.8. The predicted octanol–water partition coefficient (Wildman–Crippen LogP) is 4.81. The van der Waals surface area contributed by atoms with Gasteiger partial charge in [0.1, 0.15) is 17.3 Å². The van der Waals surface area contributed by atoms with Crippen LogP contribution in [0.1, 0.15) is 32.6 Å². The Morgan fingerprint density at radius 1 is 1.06 bits per heavy atom. The van der Waals surface area contributed by atoms with Gasteiger partial charge in [-0.1, -0.05) is 0 Å². The number of carboxylic acids is 2. The number of nitrogens with zero attached hydrogens (tertiary/aromatic N) is 3. The zero-order chi connectivity index (χ0) is 25.4. The van der Waals surface area contributed by atoms with Crippen molar-refractivity contribution in [1.29, 1.82) is 5.26 Å². The van der Waals surface area contributed by atoms with Gasteiger partial charge in [0, 0.05) is 29.9 Å². The summed E-state index contributed by atoms with van der Waals surface area (Å²) < 4.78 is 80.2. The molecule has 1 aromatic carbocycles. The monoisotopic (exact) mass is 483 g/mol. The molecule has 0 radical (unpaired) electrons. The fourth-order valence-corrected chi connectivity index (χ4v) is 3.26. The lowest BCUT2D eigenvalue weighted by molar-refractivity contribution is -0.143. The molecule has 0 aliphatic carbocycles. The van der Waals surface area contributed by atoms with Crippen LogP contribution in [0.5, 0.6) is 0 Å². The van der Waals surface area contributed by atoms with Gasteiger partial charge in [-0.3, -0.25) is 0 Å². The number of hydrogen-bond acceptors (Lipinski definition) is 4. The van der Waals surface area contributed by atoms with Crippen LogP contribution >= 0.6 is 0 Å². The van der Waals surface area contributed by atoms with E-state index in [1.807, 2.05) is 0 Å². The van der Waals surface area contributed by atoms with E-state index in [1.54, 1.807) is 0 Å². The molecule has 176 valence electrons. The van der Waals surface area contributed by atoms with Crippen molar-refractivity contribution >= 4 is 29.0 Å². The highest BCUT2D eigenvalue weighted by molar-refractivity contribution is 6.07. The SMILES string of the molecule is N#C/C(=C\c1cn(Cc2cc(C(F)(F)F)cc(C(F)(F)F)c2)c2nccc(C(=O)O)c12)C(=O)O. The largest absolute Gasteiger partial charge is 0.478 e. The van der Waals surface area contributed by atoms with Crippen molar-refractivity contribution in [1.82, 2.24) is 9.55 Å². The number of carboxylic acid groups (broad SMARTS) is 2. The number of halogens is 6. The number of aliphatic carboxylic acids is 1. The van der Waals surface area contributed by atoms with Gasteiger partial charge in [0.25, 0.3) is 0 Å². The highest BCUT2D eigenvalue weighted by atomic mass is 19.4.